The number of aliphatic imine (C=N–C) groups is 1. The number of para-hydroxylation sites is 1. The number of fused-ring (bicyclic) bond motifs is 1. The van der Waals surface area contributed by atoms with Gasteiger partial charge in [0, 0.05) is 6.42 Å². The number of carbonyl (C=O) groups is 2. The zero-order valence-electron chi connectivity index (χ0n) is 13.7. The van der Waals surface area contributed by atoms with Crippen molar-refractivity contribution in [1.29, 1.82) is 0 Å². The number of amides is 1. The molecular formula is C17H22N2O3S. The summed E-state index contributed by atoms with van der Waals surface area (Å²) in [6.07, 6.45) is 1.33. The molecule has 1 aromatic carbocycles. The van der Waals surface area contributed by atoms with Gasteiger partial charge >= 0.3 is 5.97 Å². The summed E-state index contributed by atoms with van der Waals surface area (Å²) in [5, 5.41) is 3.69. The summed E-state index contributed by atoms with van der Waals surface area (Å²) in [6.45, 7) is 4.00. The van der Waals surface area contributed by atoms with E-state index in [1.165, 1.54) is 24.4 Å². The van der Waals surface area contributed by atoms with Gasteiger partial charge in [0.25, 0.3) is 0 Å². The van der Waals surface area contributed by atoms with Crippen molar-refractivity contribution in [3.05, 3.63) is 29.8 Å². The van der Waals surface area contributed by atoms with Gasteiger partial charge in [-0.1, -0.05) is 32.0 Å². The van der Waals surface area contributed by atoms with Gasteiger partial charge in [-0.05, 0) is 24.0 Å². The Morgan fingerprint density at radius 2 is 2.09 bits per heavy atom. The Kier molecular flexibility index (Phi) is 6.21. The third-order valence-corrected chi connectivity index (χ3v) is 4.45. The van der Waals surface area contributed by atoms with Crippen LogP contribution in [0.2, 0.25) is 0 Å². The minimum atomic E-state index is -0.587. The monoisotopic (exact) mass is 334 g/mol. The maximum Gasteiger partial charge on any atom is 0.328 e. The van der Waals surface area contributed by atoms with Crippen LogP contribution in [0, 0.1) is 5.92 Å². The van der Waals surface area contributed by atoms with Gasteiger partial charge in [-0.3, -0.25) is 4.79 Å². The van der Waals surface area contributed by atoms with Crippen LogP contribution >= 0.6 is 11.8 Å². The molecule has 1 unspecified atom stereocenters. The summed E-state index contributed by atoms with van der Waals surface area (Å²) in [5.74, 6) is -0.0357. The lowest BCUT2D eigenvalue weighted by Crippen LogP contribution is -2.43. The van der Waals surface area contributed by atoms with Gasteiger partial charge in [0.05, 0.1) is 23.6 Å². The van der Waals surface area contributed by atoms with Crippen LogP contribution in [0.4, 0.5) is 5.69 Å². The first-order chi connectivity index (χ1) is 11.0. The molecule has 0 saturated heterocycles. The maximum atomic E-state index is 12.1. The lowest BCUT2D eigenvalue weighted by Gasteiger charge is -2.18. The molecule has 124 valence electrons. The molecule has 0 bridgehead atoms. The van der Waals surface area contributed by atoms with Gasteiger partial charge < -0.3 is 10.1 Å². The largest absolute Gasteiger partial charge is 0.467 e. The average molecular weight is 334 g/mol. The van der Waals surface area contributed by atoms with Crippen LogP contribution in [-0.4, -0.2) is 35.8 Å². The predicted molar refractivity (Wildman–Crippen MR) is 93.1 cm³/mol. The van der Waals surface area contributed by atoms with E-state index in [0.717, 1.165) is 17.2 Å². The second-order valence-corrected chi connectivity index (χ2v) is 6.92. The van der Waals surface area contributed by atoms with Gasteiger partial charge in [0.2, 0.25) is 5.91 Å². The number of nitrogens with zero attached hydrogens (tertiary/aromatic N) is 1. The molecule has 0 spiro atoms. The van der Waals surface area contributed by atoms with Crippen molar-refractivity contribution < 1.29 is 14.3 Å². The summed E-state index contributed by atoms with van der Waals surface area (Å²) in [6, 6.07) is 7.37. The molecule has 23 heavy (non-hydrogen) atoms. The van der Waals surface area contributed by atoms with E-state index in [1.54, 1.807) is 0 Å². The van der Waals surface area contributed by atoms with Gasteiger partial charge in [0.15, 0.2) is 0 Å². The predicted octanol–water partition coefficient (Wildman–Crippen LogP) is 2.71. The fraction of sp³-hybridized carbons (Fsp3) is 0.471. The molecule has 6 heteroatoms. The third-order valence-electron chi connectivity index (χ3n) is 3.48. The molecule has 1 atom stereocenters. The summed E-state index contributed by atoms with van der Waals surface area (Å²) in [5.41, 5.74) is 2.16. The van der Waals surface area contributed by atoms with Gasteiger partial charge in [0.1, 0.15) is 6.04 Å². The van der Waals surface area contributed by atoms with E-state index in [-0.39, 0.29) is 11.7 Å². The fourth-order valence-electron chi connectivity index (χ4n) is 2.40. The maximum absolute atomic E-state index is 12.1. The molecule has 0 radical (unpaired) electrons. The van der Waals surface area contributed by atoms with Crippen molar-refractivity contribution in [3.8, 4) is 0 Å². The second-order valence-electron chi connectivity index (χ2n) is 5.87. The quantitative estimate of drug-likeness (QED) is 0.812. The Hall–Kier alpha value is -1.82. The molecule has 1 amide bonds. The normalized spacial score (nSPS) is 14.2. The molecule has 0 saturated carbocycles. The third kappa shape index (κ3) is 5.10. The van der Waals surface area contributed by atoms with Crippen molar-refractivity contribution >= 4 is 34.4 Å². The molecular weight excluding hydrogens is 312 g/mol. The number of nitrogens with one attached hydrogen (secondary N) is 1. The number of rotatable bonds is 6. The first-order valence-corrected chi connectivity index (χ1v) is 8.63. The second kappa shape index (κ2) is 8.15. The average Bonchev–Trinajstić information content (AvgIpc) is 2.94. The van der Waals surface area contributed by atoms with Crippen molar-refractivity contribution in [2.45, 2.75) is 32.7 Å². The van der Waals surface area contributed by atoms with Crippen molar-refractivity contribution in [2.24, 2.45) is 10.9 Å². The molecule has 0 aromatic heterocycles. The van der Waals surface area contributed by atoms with E-state index in [9.17, 15) is 9.59 Å². The van der Waals surface area contributed by atoms with E-state index >= 15 is 0 Å². The van der Waals surface area contributed by atoms with Crippen LogP contribution in [0.5, 0.6) is 0 Å². The zero-order valence-corrected chi connectivity index (χ0v) is 14.5. The summed E-state index contributed by atoms with van der Waals surface area (Å²) >= 11 is 1.41. The van der Waals surface area contributed by atoms with E-state index in [1.807, 2.05) is 38.1 Å². The molecule has 1 aliphatic heterocycles. The number of hydrogen-bond donors (Lipinski definition) is 1. The van der Waals surface area contributed by atoms with E-state index in [2.05, 4.69) is 10.3 Å². The van der Waals surface area contributed by atoms with Crippen LogP contribution in [0.1, 0.15) is 25.8 Å². The van der Waals surface area contributed by atoms with Gasteiger partial charge in [-0.25, -0.2) is 9.79 Å². The van der Waals surface area contributed by atoms with Crippen LogP contribution in [0.15, 0.2) is 29.3 Å². The van der Waals surface area contributed by atoms with E-state index in [4.69, 9.17) is 4.74 Å². The van der Waals surface area contributed by atoms with Crippen molar-refractivity contribution in [2.75, 3.05) is 12.9 Å². The summed E-state index contributed by atoms with van der Waals surface area (Å²) in [7, 11) is 1.33. The summed E-state index contributed by atoms with van der Waals surface area (Å²) in [4.78, 5) is 28.3. The van der Waals surface area contributed by atoms with E-state index in [0.29, 0.717) is 12.3 Å². The zero-order chi connectivity index (χ0) is 16.8. The highest BCUT2D eigenvalue weighted by molar-refractivity contribution is 8.14. The number of carbonyl (C=O) groups excluding carboxylic acids is 2. The topological polar surface area (TPSA) is 67.8 Å². The summed E-state index contributed by atoms with van der Waals surface area (Å²) < 4.78 is 4.75. The number of hydrogen-bond acceptors (Lipinski definition) is 5. The van der Waals surface area contributed by atoms with Gasteiger partial charge in [-0.2, -0.15) is 0 Å². The molecule has 1 heterocycles. The Morgan fingerprint density at radius 1 is 1.35 bits per heavy atom. The van der Waals surface area contributed by atoms with Crippen LogP contribution in [-0.2, 0) is 20.7 Å². The molecule has 1 aromatic rings. The lowest BCUT2D eigenvalue weighted by molar-refractivity contribution is -0.145. The SMILES string of the molecule is COC(=O)C(CC(C)C)NC(=O)CSC1=Nc2ccccc2C1. The molecule has 5 nitrogen and oxygen atoms in total. The highest BCUT2D eigenvalue weighted by Gasteiger charge is 2.23. The Balaban J connectivity index is 1.84. The molecule has 0 aliphatic carbocycles. The fourth-order valence-corrected chi connectivity index (χ4v) is 3.20. The number of benzene rings is 1. The molecule has 2 rings (SSSR count). The van der Waals surface area contributed by atoms with Crippen LogP contribution in [0.3, 0.4) is 0 Å². The minimum absolute atomic E-state index is 0.176. The molecule has 1 N–H and O–H groups in total. The number of ether oxygens (including phenoxy) is 1. The number of methoxy groups -OCH3 is 1. The number of esters is 1. The van der Waals surface area contributed by atoms with Crippen molar-refractivity contribution in [3.63, 3.8) is 0 Å². The van der Waals surface area contributed by atoms with E-state index < -0.39 is 12.0 Å². The Morgan fingerprint density at radius 3 is 2.74 bits per heavy atom. The highest BCUT2D eigenvalue weighted by Crippen LogP contribution is 2.29. The lowest BCUT2D eigenvalue weighted by atomic mass is 10.0. The minimum Gasteiger partial charge on any atom is -0.467 e. The standard InChI is InChI=1S/C17H22N2O3S/c1-11(2)8-14(17(21)22-3)18-15(20)10-23-16-9-12-6-4-5-7-13(12)19-16/h4-7,11,14H,8-10H2,1-3H3,(H,18,20). The molecule has 0 fully saturated rings. The number of thioether (sulfide) groups is 1. The van der Waals surface area contributed by atoms with Gasteiger partial charge in [-0.15, -0.1) is 11.8 Å². The van der Waals surface area contributed by atoms with Crippen LogP contribution < -0.4 is 5.32 Å². The Bertz CT molecular complexity index is 614. The van der Waals surface area contributed by atoms with Crippen molar-refractivity contribution in [1.82, 2.24) is 5.32 Å². The van der Waals surface area contributed by atoms with Crippen LogP contribution in [0.25, 0.3) is 0 Å². The highest BCUT2D eigenvalue weighted by atomic mass is 32.2. The first kappa shape index (κ1) is 17.5. The first-order valence-electron chi connectivity index (χ1n) is 7.65. The smallest absolute Gasteiger partial charge is 0.328 e. The molecule has 1 aliphatic rings. The Labute approximate surface area is 140 Å².